The molecule has 4 heterocycles. The number of benzene rings is 5. The van der Waals surface area contributed by atoms with Crippen LogP contribution in [0.3, 0.4) is 0 Å². The van der Waals surface area contributed by atoms with Gasteiger partial charge >= 0.3 is 0 Å². The van der Waals surface area contributed by atoms with Gasteiger partial charge in [0.05, 0.1) is 16.7 Å². The quantitative estimate of drug-likeness (QED) is 0.158. The van der Waals surface area contributed by atoms with Crippen LogP contribution in [0.2, 0.25) is 0 Å². The van der Waals surface area contributed by atoms with Crippen molar-refractivity contribution in [2.45, 2.75) is 66.0 Å². The Kier molecular flexibility index (Phi) is 8.34. The first-order chi connectivity index (χ1) is 26.2. The average Bonchev–Trinajstić information content (AvgIpc) is 3.80. The van der Waals surface area contributed by atoms with E-state index in [0.717, 1.165) is 62.1 Å². The molecule has 8 aromatic rings. The Labute approximate surface area is 317 Å². The molecule has 0 atom stereocenters. The molecule has 54 heavy (non-hydrogen) atoms. The summed E-state index contributed by atoms with van der Waals surface area (Å²) in [6, 6.07) is 41.2. The highest BCUT2D eigenvalue weighted by Crippen LogP contribution is 2.46. The summed E-state index contributed by atoms with van der Waals surface area (Å²) in [6.07, 6.45) is 5.80. The SMILES string of the molecule is CC(C)c1cc(C(C)C)c(-c2cc(Oc3ccc4c5ccccc5n(-c5ccccn5)c4c3)cc(N3Cn4ccnc4-c4ccccc43)c2)c(C(C)C)c1. The van der Waals surface area contributed by atoms with Crippen LogP contribution in [0.4, 0.5) is 11.4 Å². The van der Waals surface area contributed by atoms with Crippen molar-refractivity contribution in [1.82, 2.24) is 19.1 Å². The van der Waals surface area contributed by atoms with Crippen molar-refractivity contribution >= 4 is 33.2 Å². The molecule has 0 saturated carbocycles. The van der Waals surface area contributed by atoms with Gasteiger partial charge in [0.2, 0.25) is 0 Å². The summed E-state index contributed by atoms with van der Waals surface area (Å²) in [6.45, 7) is 14.5. The van der Waals surface area contributed by atoms with E-state index in [-0.39, 0.29) is 0 Å². The summed E-state index contributed by atoms with van der Waals surface area (Å²) in [4.78, 5) is 11.9. The highest BCUT2D eigenvalue weighted by atomic mass is 16.5. The Morgan fingerprint density at radius 2 is 1.35 bits per heavy atom. The van der Waals surface area contributed by atoms with E-state index < -0.39 is 0 Å². The second-order valence-electron chi connectivity index (χ2n) is 15.4. The standard InChI is InChI=1S/C48H45N5O/c1-30(2)33-25-41(31(3)4)47(42(26-33)32(5)6)34-23-35(52-29-51-22-21-50-48(51)40-14-8-9-15-43(40)52)27-37(24-34)54-36-18-19-39-38-13-7-10-16-44(38)53(45(39)28-36)46-17-11-12-20-49-46/h7-28,30-32H,29H2,1-6H3. The third kappa shape index (κ3) is 5.73. The molecule has 0 bridgehead atoms. The van der Waals surface area contributed by atoms with E-state index in [9.17, 15) is 0 Å². The second kappa shape index (κ2) is 13.4. The fourth-order valence-corrected chi connectivity index (χ4v) is 8.13. The number of aromatic nitrogens is 4. The largest absolute Gasteiger partial charge is 0.457 e. The number of fused-ring (bicyclic) bond motifs is 6. The van der Waals surface area contributed by atoms with Crippen molar-refractivity contribution in [2.75, 3.05) is 4.90 Å². The van der Waals surface area contributed by atoms with Gasteiger partial charge < -0.3 is 14.2 Å². The second-order valence-corrected chi connectivity index (χ2v) is 15.4. The van der Waals surface area contributed by atoms with Crippen LogP contribution in [-0.2, 0) is 6.67 Å². The van der Waals surface area contributed by atoms with Crippen molar-refractivity contribution in [1.29, 1.82) is 0 Å². The molecule has 0 aliphatic carbocycles. The fraction of sp³-hybridized carbons (Fsp3) is 0.208. The first kappa shape index (κ1) is 33.7. The zero-order valence-electron chi connectivity index (χ0n) is 31.8. The van der Waals surface area contributed by atoms with Gasteiger partial charge in [-0.3, -0.25) is 4.57 Å². The molecule has 3 aromatic heterocycles. The summed E-state index contributed by atoms with van der Waals surface area (Å²) >= 11 is 0. The molecule has 1 aliphatic heterocycles. The van der Waals surface area contributed by atoms with Crippen LogP contribution in [0.15, 0.2) is 134 Å². The van der Waals surface area contributed by atoms with Crippen LogP contribution in [-0.4, -0.2) is 19.1 Å². The minimum absolute atomic E-state index is 0.337. The lowest BCUT2D eigenvalue weighted by molar-refractivity contribution is 0.483. The van der Waals surface area contributed by atoms with Crippen LogP contribution in [0.25, 0.3) is 50.1 Å². The molecule has 0 unspecified atom stereocenters. The van der Waals surface area contributed by atoms with Crippen LogP contribution in [0.5, 0.6) is 11.5 Å². The predicted molar refractivity (Wildman–Crippen MR) is 223 cm³/mol. The Bertz CT molecular complexity index is 2640. The molecule has 9 rings (SSSR count). The zero-order valence-corrected chi connectivity index (χ0v) is 31.8. The lowest BCUT2D eigenvalue weighted by Crippen LogP contribution is -2.26. The van der Waals surface area contributed by atoms with Crippen LogP contribution >= 0.6 is 0 Å². The number of imidazole rings is 1. The molecule has 0 fully saturated rings. The Balaban J connectivity index is 1.25. The summed E-state index contributed by atoms with van der Waals surface area (Å²) < 4.78 is 11.4. The van der Waals surface area contributed by atoms with Crippen LogP contribution < -0.4 is 9.64 Å². The smallest absolute Gasteiger partial charge is 0.143 e. The summed E-state index contributed by atoms with van der Waals surface area (Å²) in [5.41, 5.74) is 12.0. The number of nitrogens with zero attached hydrogens (tertiary/aromatic N) is 5. The number of pyridine rings is 1. The van der Waals surface area contributed by atoms with Gasteiger partial charge in [0, 0.05) is 52.7 Å². The number of ether oxygens (including phenoxy) is 1. The predicted octanol–water partition coefficient (Wildman–Crippen LogP) is 13.0. The number of hydrogen-bond donors (Lipinski definition) is 0. The van der Waals surface area contributed by atoms with Crippen molar-refractivity contribution in [3.8, 4) is 39.8 Å². The van der Waals surface area contributed by atoms with Crippen molar-refractivity contribution in [2.24, 2.45) is 0 Å². The normalized spacial score (nSPS) is 12.6. The van der Waals surface area contributed by atoms with Gasteiger partial charge in [0.25, 0.3) is 0 Å². The van der Waals surface area contributed by atoms with E-state index in [1.165, 1.54) is 27.6 Å². The van der Waals surface area contributed by atoms with Gasteiger partial charge in [-0.25, -0.2) is 9.97 Å². The fourth-order valence-electron chi connectivity index (χ4n) is 8.13. The minimum atomic E-state index is 0.337. The first-order valence-corrected chi connectivity index (χ1v) is 19.1. The number of hydrogen-bond acceptors (Lipinski definition) is 4. The Hall–Kier alpha value is -6.14. The van der Waals surface area contributed by atoms with Gasteiger partial charge in [-0.1, -0.05) is 90.1 Å². The van der Waals surface area contributed by atoms with Gasteiger partial charge in [-0.2, -0.15) is 0 Å². The van der Waals surface area contributed by atoms with Crippen LogP contribution in [0, 0.1) is 0 Å². The lowest BCUT2D eigenvalue weighted by Gasteiger charge is -2.33. The number of para-hydroxylation sites is 2. The highest BCUT2D eigenvalue weighted by molar-refractivity contribution is 6.09. The lowest BCUT2D eigenvalue weighted by atomic mass is 9.81. The van der Waals surface area contributed by atoms with Gasteiger partial charge in [-0.05, 0) is 100 Å². The highest BCUT2D eigenvalue weighted by Gasteiger charge is 2.26. The van der Waals surface area contributed by atoms with Gasteiger partial charge in [0.1, 0.15) is 29.8 Å². The van der Waals surface area contributed by atoms with E-state index in [1.807, 2.05) is 24.5 Å². The third-order valence-electron chi connectivity index (χ3n) is 10.8. The third-order valence-corrected chi connectivity index (χ3v) is 10.8. The van der Waals surface area contributed by atoms with E-state index in [4.69, 9.17) is 14.7 Å². The molecular weight excluding hydrogens is 663 g/mol. The molecule has 5 aromatic carbocycles. The minimum Gasteiger partial charge on any atom is -0.457 e. The molecule has 0 amide bonds. The van der Waals surface area contributed by atoms with Crippen molar-refractivity contribution < 1.29 is 4.74 Å². The van der Waals surface area contributed by atoms with Crippen molar-refractivity contribution in [3.05, 3.63) is 151 Å². The Morgan fingerprint density at radius 3 is 2.11 bits per heavy atom. The molecule has 6 nitrogen and oxygen atoms in total. The molecule has 0 radical (unpaired) electrons. The first-order valence-electron chi connectivity index (χ1n) is 19.1. The molecule has 0 saturated heterocycles. The maximum absolute atomic E-state index is 6.99. The molecule has 6 heteroatoms. The van der Waals surface area contributed by atoms with Crippen LogP contribution in [0.1, 0.15) is 76.0 Å². The van der Waals surface area contributed by atoms with E-state index in [0.29, 0.717) is 24.4 Å². The maximum atomic E-state index is 6.99. The molecule has 268 valence electrons. The topological polar surface area (TPSA) is 48.1 Å². The van der Waals surface area contributed by atoms with E-state index in [2.05, 4.69) is 165 Å². The average molecular weight is 708 g/mol. The summed E-state index contributed by atoms with van der Waals surface area (Å²) in [5.74, 6) is 4.52. The monoisotopic (exact) mass is 707 g/mol. The van der Waals surface area contributed by atoms with Gasteiger partial charge in [-0.15, -0.1) is 0 Å². The van der Waals surface area contributed by atoms with E-state index in [1.54, 1.807) is 0 Å². The summed E-state index contributed by atoms with van der Waals surface area (Å²) in [7, 11) is 0. The van der Waals surface area contributed by atoms with Gasteiger partial charge in [0.15, 0.2) is 0 Å². The molecule has 0 N–H and O–H groups in total. The Morgan fingerprint density at radius 1 is 0.611 bits per heavy atom. The number of rotatable bonds is 8. The molecule has 0 spiro atoms. The van der Waals surface area contributed by atoms with Crippen molar-refractivity contribution in [3.63, 3.8) is 0 Å². The zero-order chi connectivity index (χ0) is 37.1. The van der Waals surface area contributed by atoms with E-state index >= 15 is 0 Å². The number of anilines is 2. The summed E-state index contributed by atoms with van der Waals surface area (Å²) in [5, 5.41) is 2.34. The molecular formula is C48H45N5O. The molecule has 1 aliphatic rings. The maximum Gasteiger partial charge on any atom is 0.143 e.